The largest absolute Gasteiger partial charge is 0.355 e. The van der Waals surface area contributed by atoms with E-state index in [1.165, 1.54) is 12.8 Å². The van der Waals surface area contributed by atoms with Gasteiger partial charge in [-0.25, -0.2) is 9.78 Å². The van der Waals surface area contributed by atoms with E-state index in [1.54, 1.807) is 17.4 Å². The topological polar surface area (TPSA) is 79.3 Å². The van der Waals surface area contributed by atoms with E-state index in [0.717, 1.165) is 23.5 Å². The summed E-state index contributed by atoms with van der Waals surface area (Å²) in [7, 11) is 0. The van der Waals surface area contributed by atoms with Crippen molar-refractivity contribution >= 4 is 17.6 Å². The number of benzene rings is 1. The Morgan fingerprint density at radius 1 is 1.22 bits per heavy atom. The molecule has 1 aliphatic heterocycles. The number of nitrogens with zero attached hydrogens (tertiary/aromatic N) is 3. The minimum Gasteiger partial charge on any atom is -0.355 e. The Labute approximate surface area is 158 Å². The number of carbonyl (C=O) groups excluding carboxylic acids is 2. The van der Waals surface area contributed by atoms with Crippen LogP contribution in [-0.4, -0.2) is 39.5 Å². The molecule has 2 N–H and O–H groups in total. The molecule has 7 heteroatoms. The molecular formula is C20H25N5O2. The monoisotopic (exact) mass is 367 g/mol. The molecule has 1 aliphatic carbocycles. The Morgan fingerprint density at radius 3 is 2.81 bits per heavy atom. The predicted molar refractivity (Wildman–Crippen MR) is 102 cm³/mol. The van der Waals surface area contributed by atoms with Crippen LogP contribution in [0.3, 0.4) is 0 Å². The molecule has 1 aromatic carbocycles. The number of nitrogens with one attached hydrogen (secondary N) is 2. The predicted octanol–water partition coefficient (Wildman–Crippen LogP) is 2.38. The molecule has 7 nitrogen and oxygen atoms in total. The molecule has 27 heavy (non-hydrogen) atoms. The van der Waals surface area contributed by atoms with Crippen LogP contribution in [0, 0.1) is 18.8 Å². The quantitative estimate of drug-likeness (QED) is 0.871. The highest BCUT2D eigenvalue weighted by Gasteiger charge is 2.31. The highest BCUT2D eigenvalue weighted by Crippen LogP contribution is 2.28. The Bertz CT molecular complexity index is 842. The highest BCUT2D eigenvalue weighted by molar-refractivity contribution is 5.90. The highest BCUT2D eigenvalue weighted by atomic mass is 16.2. The van der Waals surface area contributed by atoms with Gasteiger partial charge >= 0.3 is 6.03 Å². The van der Waals surface area contributed by atoms with Crippen molar-refractivity contribution in [3.8, 4) is 0 Å². The van der Waals surface area contributed by atoms with Crippen molar-refractivity contribution in [1.29, 1.82) is 0 Å². The minimum absolute atomic E-state index is 0.0112. The maximum absolute atomic E-state index is 12.9. The molecule has 0 unspecified atom stereocenters. The fraction of sp³-hybridized carbons (Fsp3) is 0.450. The van der Waals surface area contributed by atoms with Gasteiger partial charge in [0.2, 0.25) is 5.91 Å². The SMILES string of the molecule is Cc1ccccc1NC(=O)N1Cc2cncn2C[C@@H](C(=O)NCC2CC2)C1. The summed E-state index contributed by atoms with van der Waals surface area (Å²) in [4.78, 5) is 31.5. The molecule has 1 atom stereocenters. The van der Waals surface area contributed by atoms with E-state index < -0.39 is 0 Å². The van der Waals surface area contributed by atoms with E-state index in [0.29, 0.717) is 25.6 Å². The second kappa shape index (κ2) is 7.42. The van der Waals surface area contributed by atoms with Crippen LogP contribution < -0.4 is 10.6 Å². The van der Waals surface area contributed by atoms with Crippen molar-refractivity contribution in [2.75, 3.05) is 18.4 Å². The van der Waals surface area contributed by atoms with E-state index in [-0.39, 0.29) is 17.9 Å². The number of aromatic nitrogens is 2. The molecule has 0 spiro atoms. The van der Waals surface area contributed by atoms with Crippen molar-refractivity contribution in [1.82, 2.24) is 19.8 Å². The first-order valence-corrected chi connectivity index (χ1v) is 9.48. The van der Waals surface area contributed by atoms with E-state index in [1.807, 2.05) is 35.8 Å². The molecule has 4 rings (SSSR count). The number of hydrogen-bond acceptors (Lipinski definition) is 3. The number of fused-ring (bicyclic) bond motifs is 1. The molecule has 0 radical (unpaired) electrons. The zero-order chi connectivity index (χ0) is 18.8. The lowest BCUT2D eigenvalue weighted by atomic mass is 10.1. The van der Waals surface area contributed by atoms with Gasteiger partial charge in [-0.2, -0.15) is 0 Å². The molecule has 2 aromatic rings. The Kier molecular flexibility index (Phi) is 4.83. The molecule has 3 amide bonds. The van der Waals surface area contributed by atoms with Gasteiger partial charge in [-0.15, -0.1) is 0 Å². The third kappa shape index (κ3) is 4.13. The van der Waals surface area contributed by atoms with Crippen molar-refractivity contribution in [3.63, 3.8) is 0 Å². The molecule has 1 saturated carbocycles. The summed E-state index contributed by atoms with van der Waals surface area (Å²) in [6.07, 6.45) is 5.89. The number of carbonyl (C=O) groups is 2. The number of aryl methyl sites for hydroxylation is 1. The molecule has 142 valence electrons. The summed E-state index contributed by atoms with van der Waals surface area (Å²) in [5, 5.41) is 6.03. The van der Waals surface area contributed by atoms with Crippen LogP contribution in [0.5, 0.6) is 0 Å². The number of urea groups is 1. The lowest BCUT2D eigenvalue weighted by Crippen LogP contribution is -2.43. The molecule has 2 aliphatic rings. The van der Waals surface area contributed by atoms with Gasteiger partial charge < -0.3 is 20.1 Å². The van der Waals surface area contributed by atoms with Crippen LogP contribution in [0.4, 0.5) is 10.5 Å². The van der Waals surface area contributed by atoms with E-state index >= 15 is 0 Å². The van der Waals surface area contributed by atoms with Gasteiger partial charge in [-0.1, -0.05) is 18.2 Å². The fourth-order valence-corrected chi connectivity index (χ4v) is 3.40. The van der Waals surface area contributed by atoms with Gasteiger partial charge in [0.25, 0.3) is 0 Å². The third-order valence-electron chi connectivity index (χ3n) is 5.32. The van der Waals surface area contributed by atoms with Crippen LogP contribution in [-0.2, 0) is 17.9 Å². The summed E-state index contributed by atoms with van der Waals surface area (Å²) < 4.78 is 1.97. The van der Waals surface area contributed by atoms with Crippen LogP contribution in [0.25, 0.3) is 0 Å². The zero-order valence-corrected chi connectivity index (χ0v) is 15.5. The Hall–Kier alpha value is -2.83. The maximum Gasteiger partial charge on any atom is 0.322 e. The Balaban J connectivity index is 1.49. The molecular weight excluding hydrogens is 342 g/mol. The maximum atomic E-state index is 12.9. The standard InChI is InChI=1S/C20H25N5O2/c1-14-4-2-3-5-18(14)23-20(27)24-10-16(19(26)22-8-15-6-7-15)11-25-13-21-9-17(25)12-24/h2-5,9,13,15-16H,6-8,10-12H2,1H3,(H,22,26)(H,23,27)/t16-/m0/s1. The van der Waals surface area contributed by atoms with Crippen LogP contribution in [0.15, 0.2) is 36.8 Å². The number of imidazole rings is 1. The van der Waals surface area contributed by atoms with Crippen LogP contribution in [0.1, 0.15) is 24.1 Å². The molecule has 0 bridgehead atoms. The van der Waals surface area contributed by atoms with Crippen LogP contribution in [0.2, 0.25) is 0 Å². The second-order valence-electron chi connectivity index (χ2n) is 7.55. The van der Waals surface area contributed by atoms with Crippen molar-refractivity contribution in [3.05, 3.63) is 48.0 Å². The second-order valence-corrected chi connectivity index (χ2v) is 7.55. The summed E-state index contributed by atoms with van der Waals surface area (Å²) in [6, 6.07) is 7.49. The average molecular weight is 367 g/mol. The molecule has 2 heterocycles. The van der Waals surface area contributed by atoms with Gasteiger partial charge in [0.1, 0.15) is 0 Å². The minimum atomic E-state index is -0.290. The number of hydrogen-bond donors (Lipinski definition) is 2. The first-order chi connectivity index (χ1) is 13.1. The van der Waals surface area contributed by atoms with Crippen molar-refractivity contribution in [2.45, 2.75) is 32.9 Å². The lowest BCUT2D eigenvalue weighted by molar-refractivity contribution is -0.125. The summed E-state index contributed by atoms with van der Waals surface area (Å²) >= 11 is 0. The van der Waals surface area contributed by atoms with E-state index in [4.69, 9.17) is 0 Å². The van der Waals surface area contributed by atoms with Gasteiger partial charge in [0, 0.05) is 31.5 Å². The van der Waals surface area contributed by atoms with Crippen molar-refractivity contribution in [2.24, 2.45) is 11.8 Å². The molecule has 1 fully saturated rings. The number of para-hydroxylation sites is 1. The lowest BCUT2D eigenvalue weighted by Gasteiger charge is -2.24. The van der Waals surface area contributed by atoms with Crippen molar-refractivity contribution < 1.29 is 9.59 Å². The van der Waals surface area contributed by atoms with Crippen LogP contribution >= 0.6 is 0 Å². The van der Waals surface area contributed by atoms with E-state index in [2.05, 4.69) is 15.6 Å². The molecule has 0 saturated heterocycles. The third-order valence-corrected chi connectivity index (χ3v) is 5.32. The average Bonchev–Trinajstić information content (AvgIpc) is 3.43. The first-order valence-electron chi connectivity index (χ1n) is 9.48. The number of rotatable bonds is 4. The number of amides is 3. The number of anilines is 1. The van der Waals surface area contributed by atoms with Gasteiger partial charge in [-0.3, -0.25) is 4.79 Å². The summed E-state index contributed by atoms with van der Waals surface area (Å²) in [5.74, 6) is 0.350. The Morgan fingerprint density at radius 2 is 2.04 bits per heavy atom. The summed E-state index contributed by atoms with van der Waals surface area (Å²) in [6.45, 7) is 4.06. The van der Waals surface area contributed by atoms with Gasteiger partial charge in [-0.05, 0) is 37.3 Å². The first kappa shape index (κ1) is 17.6. The van der Waals surface area contributed by atoms with Gasteiger partial charge in [0.05, 0.1) is 24.5 Å². The fourth-order valence-electron chi connectivity index (χ4n) is 3.40. The van der Waals surface area contributed by atoms with Gasteiger partial charge in [0.15, 0.2) is 0 Å². The van der Waals surface area contributed by atoms with E-state index in [9.17, 15) is 9.59 Å². The zero-order valence-electron chi connectivity index (χ0n) is 15.5. The normalized spacial score (nSPS) is 19.1. The summed E-state index contributed by atoms with van der Waals surface area (Å²) in [5.41, 5.74) is 2.73. The smallest absolute Gasteiger partial charge is 0.322 e. The molecule has 1 aromatic heterocycles.